The van der Waals surface area contributed by atoms with Gasteiger partial charge >= 0.3 is 0 Å². The van der Waals surface area contributed by atoms with Gasteiger partial charge in [-0.05, 0) is 91.8 Å². The Kier molecular flexibility index (Phi) is 6.38. The number of carbonyl (C=O) groups excluding carboxylic acids is 1. The first kappa shape index (κ1) is 23.4. The SMILES string of the molecule is NCC1CCCC(CNC(=O)c2cc(C3CNc4ccc(C5CCC5)cc43)nc3cc(F)ccc23)C1. The van der Waals surface area contributed by atoms with Crippen molar-refractivity contribution in [3.05, 3.63) is 70.7 Å². The topological polar surface area (TPSA) is 80.0 Å². The molecule has 36 heavy (non-hydrogen) atoms. The van der Waals surface area contributed by atoms with Gasteiger partial charge in [0.25, 0.3) is 5.91 Å². The molecule has 0 spiro atoms. The summed E-state index contributed by atoms with van der Waals surface area (Å²) in [5.41, 5.74) is 11.6. The van der Waals surface area contributed by atoms with E-state index in [9.17, 15) is 9.18 Å². The standard InChI is InChI=1S/C30H35FN4O/c31-22-8-9-23-25(30(36)34-16-19-4-1-3-18(11-19)15-32)14-29(35-28(23)13-22)26-17-33-27-10-7-21(12-24(26)27)20-5-2-6-20/h7-10,12-14,18-20,26,33H,1-6,11,15-17,32H2,(H,34,36). The minimum Gasteiger partial charge on any atom is -0.384 e. The fraction of sp³-hybridized carbons (Fsp3) is 0.467. The Morgan fingerprint density at radius 3 is 2.69 bits per heavy atom. The zero-order valence-corrected chi connectivity index (χ0v) is 20.7. The molecule has 2 saturated carbocycles. The fourth-order valence-corrected chi connectivity index (χ4v) is 6.33. The molecular weight excluding hydrogens is 451 g/mol. The summed E-state index contributed by atoms with van der Waals surface area (Å²) in [7, 11) is 0. The smallest absolute Gasteiger partial charge is 0.252 e. The second kappa shape index (κ2) is 9.81. The summed E-state index contributed by atoms with van der Waals surface area (Å²) in [6.07, 6.45) is 8.35. The van der Waals surface area contributed by atoms with Crippen molar-refractivity contribution < 1.29 is 9.18 Å². The van der Waals surface area contributed by atoms with Crippen LogP contribution >= 0.6 is 0 Å². The third-order valence-corrected chi connectivity index (χ3v) is 8.69. The molecule has 6 heteroatoms. The van der Waals surface area contributed by atoms with Crippen LogP contribution in [0.25, 0.3) is 10.9 Å². The Morgan fingerprint density at radius 2 is 1.89 bits per heavy atom. The number of pyridine rings is 1. The maximum Gasteiger partial charge on any atom is 0.252 e. The lowest BCUT2D eigenvalue weighted by atomic mass is 9.79. The summed E-state index contributed by atoms with van der Waals surface area (Å²) in [5, 5.41) is 7.38. The first-order valence-electron chi connectivity index (χ1n) is 13.5. The van der Waals surface area contributed by atoms with Crippen molar-refractivity contribution in [1.82, 2.24) is 10.3 Å². The van der Waals surface area contributed by atoms with Gasteiger partial charge < -0.3 is 16.4 Å². The van der Waals surface area contributed by atoms with Crippen LogP contribution in [0.3, 0.4) is 0 Å². The molecule has 0 radical (unpaired) electrons. The Hall–Kier alpha value is -2.99. The number of nitrogens with two attached hydrogens (primary N) is 1. The van der Waals surface area contributed by atoms with Gasteiger partial charge in [0.2, 0.25) is 0 Å². The van der Waals surface area contributed by atoms with E-state index in [1.807, 2.05) is 6.07 Å². The van der Waals surface area contributed by atoms with Gasteiger partial charge in [-0.1, -0.05) is 25.0 Å². The van der Waals surface area contributed by atoms with Crippen LogP contribution in [0.15, 0.2) is 42.5 Å². The number of rotatable bonds is 6. The highest BCUT2D eigenvalue weighted by molar-refractivity contribution is 6.06. The van der Waals surface area contributed by atoms with Gasteiger partial charge in [-0.3, -0.25) is 9.78 Å². The van der Waals surface area contributed by atoms with E-state index >= 15 is 0 Å². The minimum atomic E-state index is -0.342. The van der Waals surface area contributed by atoms with Gasteiger partial charge in [-0.2, -0.15) is 0 Å². The predicted octanol–water partition coefficient (Wildman–Crippen LogP) is 5.69. The number of fused-ring (bicyclic) bond motifs is 2. The number of amides is 1. The number of nitrogens with one attached hydrogen (secondary N) is 2. The van der Waals surface area contributed by atoms with E-state index in [0.29, 0.717) is 47.3 Å². The van der Waals surface area contributed by atoms with Crippen molar-refractivity contribution in [2.24, 2.45) is 17.6 Å². The van der Waals surface area contributed by atoms with Crippen LogP contribution in [0, 0.1) is 17.7 Å². The summed E-state index contributed by atoms with van der Waals surface area (Å²) in [4.78, 5) is 18.3. The molecule has 2 aliphatic carbocycles. The molecule has 6 rings (SSSR count). The third-order valence-electron chi connectivity index (χ3n) is 8.69. The first-order chi connectivity index (χ1) is 17.6. The number of anilines is 1. The van der Waals surface area contributed by atoms with Gasteiger partial charge in [0.15, 0.2) is 0 Å². The van der Waals surface area contributed by atoms with Gasteiger partial charge in [0.1, 0.15) is 5.82 Å². The van der Waals surface area contributed by atoms with Gasteiger partial charge in [-0.15, -0.1) is 0 Å². The lowest BCUT2D eigenvalue weighted by Gasteiger charge is -2.28. The summed E-state index contributed by atoms with van der Waals surface area (Å²) < 4.78 is 14.2. The van der Waals surface area contributed by atoms with E-state index in [-0.39, 0.29) is 17.6 Å². The largest absolute Gasteiger partial charge is 0.384 e. The highest BCUT2D eigenvalue weighted by Crippen LogP contribution is 2.42. The molecule has 3 unspecified atom stereocenters. The summed E-state index contributed by atoms with van der Waals surface area (Å²) in [6, 6.07) is 13.2. The molecule has 2 aromatic carbocycles. The Bertz CT molecular complexity index is 1290. The molecule has 2 fully saturated rings. The van der Waals surface area contributed by atoms with Crippen LogP contribution < -0.4 is 16.4 Å². The number of aromatic nitrogens is 1. The van der Waals surface area contributed by atoms with Crippen molar-refractivity contribution in [3.63, 3.8) is 0 Å². The molecule has 0 bridgehead atoms. The lowest BCUT2D eigenvalue weighted by Crippen LogP contribution is -2.33. The van der Waals surface area contributed by atoms with Gasteiger partial charge in [0, 0.05) is 36.1 Å². The molecule has 188 valence electrons. The fourth-order valence-electron chi connectivity index (χ4n) is 6.33. The second-order valence-electron chi connectivity index (χ2n) is 11.0. The minimum absolute atomic E-state index is 0.0305. The Balaban J connectivity index is 1.31. The van der Waals surface area contributed by atoms with E-state index in [2.05, 4.69) is 28.8 Å². The quantitative estimate of drug-likeness (QED) is 0.418. The summed E-state index contributed by atoms with van der Waals surface area (Å²) >= 11 is 0. The number of hydrogen-bond acceptors (Lipinski definition) is 4. The molecule has 3 aliphatic rings. The maximum absolute atomic E-state index is 14.2. The summed E-state index contributed by atoms with van der Waals surface area (Å²) in [6.45, 7) is 2.09. The molecule has 0 saturated heterocycles. The zero-order chi connectivity index (χ0) is 24.6. The first-order valence-corrected chi connectivity index (χ1v) is 13.5. The average molecular weight is 487 g/mol. The lowest BCUT2D eigenvalue weighted by molar-refractivity contribution is 0.0942. The van der Waals surface area contributed by atoms with E-state index in [4.69, 9.17) is 10.7 Å². The van der Waals surface area contributed by atoms with Crippen molar-refractivity contribution in [1.29, 1.82) is 0 Å². The highest BCUT2D eigenvalue weighted by atomic mass is 19.1. The Labute approximate surface area is 212 Å². The van der Waals surface area contributed by atoms with Crippen molar-refractivity contribution in [2.75, 3.05) is 25.0 Å². The van der Waals surface area contributed by atoms with Gasteiger partial charge in [0.05, 0.1) is 16.8 Å². The summed E-state index contributed by atoms with van der Waals surface area (Å²) in [5.74, 6) is 1.23. The molecule has 2 heterocycles. The number of hydrogen-bond donors (Lipinski definition) is 3. The van der Waals surface area contributed by atoms with Crippen molar-refractivity contribution in [2.45, 2.75) is 56.8 Å². The van der Waals surface area contributed by atoms with Gasteiger partial charge in [-0.25, -0.2) is 4.39 Å². The van der Waals surface area contributed by atoms with E-state index in [1.165, 1.54) is 55.4 Å². The highest BCUT2D eigenvalue weighted by Gasteiger charge is 2.29. The van der Waals surface area contributed by atoms with Crippen molar-refractivity contribution >= 4 is 22.5 Å². The van der Waals surface area contributed by atoms with Crippen LogP contribution in [-0.4, -0.2) is 30.5 Å². The predicted molar refractivity (Wildman–Crippen MR) is 142 cm³/mol. The monoisotopic (exact) mass is 486 g/mol. The average Bonchev–Trinajstić information content (AvgIpc) is 3.29. The molecular formula is C30H35FN4O. The number of benzene rings is 2. The molecule has 1 amide bonds. The molecule has 1 aliphatic heterocycles. The third kappa shape index (κ3) is 4.47. The van der Waals surface area contributed by atoms with E-state index in [0.717, 1.165) is 30.8 Å². The number of nitrogens with zero attached hydrogens (tertiary/aromatic N) is 1. The molecule has 1 aromatic heterocycles. The number of carbonyl (C=O) groups is 1. The van der Waals surface area contributed by atoms with Crippen molar-refractivity contribution in [3.8, 4) is 0 Å². The van der Waals surface area contributed by atoms with Crippen LogP contribution in [0.2, 0.25) is 0 Å². The van der Waals surface area contributed by atoms with Crippen LogP contribution in [0.5, 0.6) is 0 Å². The second-order valence-corrected chi connectivity index (χ2v) is 11.0. The molecule has 5 nitrogen and oxygen atoms in total. The van der Waals surface area contributed by atoms with Crippen LogP contribution in [0.1, 0.15) is 84.0 Å². The Morgan fingerprint density at radius 1 is 1.06 bits per heavy atom. The zero-order valence-electron chi connectivity index (χ0n) is 20.7. The van der Waals surface area contributed by atoms with Crippen LogP contribution in [-0.2, 0) is 0 Å². The van der Waals surface area contributed by atoms with E-state index < -0.39 is 0 Å². The molecule has 3 aromatic rings. The normalized spacial score (nSPS) is 23.7. The van der Waals surface area contributed by atoms with E-state index in [1.54, 1.807) is 6.07 Å². The maximum atomic E-state index is 14.2. The van der Waals surface area contributed by atoms with Crippen LogP contribution in [0.4, 0.5) is 10.1 Å². The molecule has 3 atom stereocenters. The molecule has 4 N–H and O–H groups in total. The number of halogens is 1.